The highest BCUT2D eigenvalue weighted by Crippen LogP contribution is 2.06. The molecular weight excluding hydrogens is 286 g/mol. The van der Waals surface area contributed by atoms with Gasteiger partial charge in [-0.25, -0.2) is 14.6 Å². The maximum absolute atomic E-state index is 11.8. The molecule has 6 nitrogen and oxygen atoms in total. The summed E-state index contributed by atoms with van der Waals surface area (Å²) in [5.74, 6) is 0.738. The highest BCUT2D eigenvalue weighted by molar-refractivity contribution is 9.10. The van der Waals surface area contributed by atoms with Crippen LogP contribution in [-0.2, 0) is 6.54 Å². The lowest BCUT2D eigenvalue weighted by atomic mass is 10.4. The molecule has 2 aromatic rings. The minimum atomic E-state index is -0.127. The Morgan fingerprint density at radius 1 is 1.47 bits per heavy atom. The van der Waals surface area contributed by atoms with Gasteiger partial charge in [0.25, 0.3) is 5.56 Å². The Kier molecular flexibility index (Phi) is 3.37. The third-order valence-corrected chi connectivity index (χ3v) is 2.85. The summed E-state index contributed by atoms with van der Waals surface area (Å²) < 4.78 is 3.72. The van der Waals surface area contributed by atoms with Crippen LogP contribution in [0.15, 0.2) is 28.1 Å². The quantitative estimate of drug-likeness (QED) is 0.855. The van der Waals surface area contributed by atoms with Crippen molar-refractivity contribution in [2.75, 3.05) is 0 Å². The van der Waals surface area contributed by atoms with Crippen molar-refractivity contribution < 1.29 is 0 Å². The first-order valence-electron chi connectivity index (χ1n) is 5.18. The predicted molar refractivity (Wildman–Crippen MR) is 65.7 cm³/mol. The van der Waals surface area contributed by atoms with Crippen LogP contribution in [0.5, 0.6) is 0 Å². The topological polar surface area (TPSA) is 65.6 Å². The second kappa shape index (κ2) is 4.79. The monoisotopic (exact) mass is 297 g/mol. The van der Waals surface area contributed by atoms with Crippen molar-refractivity contribution in [2.24, 2.45) is 0 Å². The fourth-order valence-corrected chi connectivity index (χ4v) is 1.85. The van der Waals surface area contributed by atoms with Gasteiger partial charge >= 0.3 is 0 Å². The van der Waals surface area contributed by atoms with Gasteiger partial charge in [0.05, 0.1) is 12.9 Å². The molecule has 0 aromatic carbocycles. The minimum Gasteiger partial charge on any atom is -0.291 e. The molecule has 0 bridgehead atoms. The van der Waals surface area contributed by atoms with Crippen molar-refractivity contribution in [3.63, 3.8) is 0 Å². The zero-order chi connectivity index (χ0) is 12.4. The van der Waals surface area contributed by atoms with Crippen molar-refractivity contribution in [3.05, 3.63) is 39.5 Å². The van der Waals surface area contributed by atoms with Gasteiger partial charge in [-0.2, -0.15) is 5.10 Å². The number of hydrogen-bond acceptors (Lipinski definition) is 4. The third-order valence-electron chi connectivity index (χ3n) is 2.31. The molecule has 17 heavy (non-hydrogen) atoms. The molecule has 2 heterocycles. The van der Waals surface area contributed by atoms with Gasteiger partial charge < -0.3 is 0 Å². The van der Waals surface area contributed by atoms with Gasteiger partial charge in [-0.1, -0.05) is 0 Å². The van der Waals surface area contributed by atoms with Crippen LogP contribution in [0, 0.1) is 0 Å². The van der Waals surface area contributed by atoms with Crippen LogP contribution in [0.3, 0.4) is 0 Å². The SMILES string of the molecule is CC(C)n1ncnc1Cn1cncc(Br)c1=O. The number of rotatable bonds is 3. The Bertz CT molecular complexity index is 574. The van der Waals surface area contributed by atoms with Crippen LogP contribution < -0.4 is 5.56 Å². The van der Waals surface area contributed by atoms with Gasteiger partial charge in [0.15, 0.2) is 0 Å². The molecular formula is C10H12BrN5O. The lowest BCUT2D eigenvalue weighted by molar-refractivity contribution is 0.492. The summed E-state index contributed by atoms with van der Waals surface area (Å²) in [6.07, 6.45) is 4.46. The molecule has 0 N–H and O–H groups in total. The highest BCUT2D eigenvalue weighted by atomic mass is 79.9. The smallest absolute Gasteiger partial charge is 0.268 e. The fraction of sp³-hybridized carbons (Fsp3) is 0.400. The summed E-state index contributed by atoms with van der Waals surface area (Å²) in [6.45, 7) is 4.39. The molecule has 7 heteroatoms. The Labute approximate surface area is 106 Å². The first-order chi connectivity index (χ1) is 8.09. The number of aromatic nitrogens is 5. The standard InChI is InChI=1S/C10H12BrN5O/c1-7(2)16-9(13-5-14-16)4-15-6-12-3-8(11)10(15)17/h3,5-7H,4H2,1-2H3. The molecule has 2 aromatic heterocycles. The average Bonchev–Trinajstić information content (AvgIpc) is 2.73. The normalized spacial score (nSPS) is 11.1. The van der Waals surface area contributed by atoms with Crippen LogP contribution in [-0.4, -0.2) is 24.3 Å². The van der Waals surface area contributed by atoms with E-state index < -0.39 is 0 Å². The van der Waals surface area contributed by atoms with E-state index in [0.29, 0.717) is 11.0 Å². The van der Waals surface area contributed by atoms with E-state index in [1.165, 1.54) is 23.4 Å². The van der Waals surface area contributed by atoms with E-state index in [0.717, 1.165) is 5.82 Å². The van der Waals surface area contributed by atoms with Gasteiger partial charge in [-0.15, -0.1) is 0 Å². The Balaban J connectivity index is 2.35. The van der Waals surface area contributed by atoms with E-state index in [1.54, 1.807) is 4.68 Å². The van der Waals surface area contributed by atoms with Crippen LogP contribution in [0.1, 0.15) is 25.7 Å². The van der Waals surface area contributed by atoms with E-state index in [4.69, 9.17) is 0 Å². The molecule has 0 aliphatic rings. The molecule has 90 valence electrons. The van der Waals surface area contributed by atoms with Crippen molar-refractivity contribution >= 4 is 15.9 Å². The summed E-state index contributed by atoms with van der Waals surface area (Å²) in [7, 11) is 0. The van der Waals surface area contributed by atoms with Crippen LogP contribution in [0.4, 0.5) is 0 Å². The van der Waals surface area contributed by atoms with Crippen LogP contribution in [0.25, 0.3) is 0 Å². The molecule has 0 amide bonds. The van der Waals surface area contributed by atoms with E-state index in [-0.39, 0.29) is 11.6 Å². The average molecular weight is 298 g/mol. The lowest BCUT2D eigenvalue weighted by Crippen LogP contribution is -2.23. The first kappa shape index (κ1) is 12.0. The fourth-order valence-electron chi connectivity index (χ4n) is 1.51. The molecule has 0 atom stereocenters. The van der Waals surface area contributed by atoms with E-state index >= 15 is 0 Å². The van der Waals surface area contributed by atoms with E-state index in [1.807, 2.05) is 13.8 Å². The molecule has 0 unspecified atom stereocenters. The molecule has 0 fully saturated rings. The minimum absolute atomic E-state index is 0.127. The van der Waals surface area contributed by atoms with Crippen LogP contribution >= 0.6 is 15.9 Å². The summed E-state index contributed by atoms with van der Waals surface area (Å²) in [5.41, 5.74) is -0.127. The maximum atomic E-state index is 11.8. The first-order valence-corrected chi connectivity index (χ1v) is 5.97. The van der Waals surface area contributed by atoms with Gasteiger partial charge in [0.2, 0.25) is 0 Å². The molecule has 0 aliphatic carbocycles. The maximum Gasteiger partial charge on any atom is 0.268 e. The predicted octanol–water partition coefficient (Wildman–Crippen LogP) is 1.23. The zero-order valence-electron chi connectivity index (χ0n) is 9.54. The van der Waals surface area contributed by atoms with E-state index in [2.05, 4.69) is 31.0 Å². The van der Waals surface area contributed by atoms with E-state index in [9.17, 15) is 4.79 Å². The highest BCUT2D eigenvalue weighted by Gasteiger charge is 2.09. The summed E-state index contributed by atoms with van der Waals surface area (Å²) in [6, 6.07) is 0.211. The Morgan fingerprint density at radius 3 is 2.94 bits per heavy atom. The third kappa shape index (κ3) is 2.44. The molecule has 0 radical (unpaired) electrons. The Morgan fingerprint density at radius 2 is 2.24 bits per heavy atom. The van der Waals surface area contributed by atoms with Crippen molar-refractivity contribution in [2.45, 2.75) is 26.4 Å². The second-order valence-electron chi connectivity index (χ2n) is 3.89. The van der Waals surface area contributed by atoms with Crippen LogP contribution in [0.2, 0.25) is 0 Å². The van der Waals surface area contributed by atoms with Gasteiger partial charge in [0.1, 0.15) is 16.6 Å². The second-order valence-corrected chi connectivity index (χ2v) is 4.74. The van der Waals surface area contributed by atoms with Crippen molar-refractivity contribution in [1.82, 2.24) is 24.3 Å². The van der Waals surface area contributed by atoms with Gasteiger partial charge in [-0.3, -0.25) is 9.36 Å². The largest absolute Gasteiger partial charge is 0.291 e. The lowest BCUT2D eigenvalue weighted by Gasteiger charge is -2.10. The summed E-state index contributed by atoms with van der Waals surface area (Å²) in [4.78, 5) is 19.9. The number of halogens is 1. The van der Waals surface area contributed by atoms with Gasteiger partial charge in [0, 0.05) is 12.2 Å². The number of nitrogens with zero attached hydrogens (tertiary/aromatic N) is 5. The van der Waals surface area contributed by atoms with Gasteiger partial charge in [-0.05, 0) is 29.8 Å². The summed E-state index contributed by atoms with van der Waals surface area (Å²) in [5, 5.41) is 4.12. The summed E-state index contributed by atoms with van der Waals surface area (Å²) >= 11 is 3.16. The Hall–Kier alpha value is -1.50. The number of hydrogen-bond donors (Lipinski definition) is 0. The van der Waals surface area contributed by atoms with Crippen molar-refractivity contribution in [3.8, 4) is 0 Å². The van der Waals surface area contributed by atoms with Crippen molar-refractivity contribution in [1.29, 1.82) is 0 Å². The molecule has 0 aliphatic heterocycles. The zero-order valence-corrected chi connectivity index (χ0v) is 11.1. The molecule has 0 saturated carbocycles. The molecule has 2 rings (SSSR count). The molecule has 0 spiro atoms. The molecule has 0 saturated heterocycles.